The van der Waals surface area contributed by atoms with Gasteiger partial charge < -0.3 is 15.3 Å². The van der Waals surface area contributed by atoms with Crippen molar-refractivity contribution in [3.8, 4) is 0 Å². The monoisotopic (exact) mass is 240 g/mol. The number of nitrogens with one attached hydrogen (secondary N) is 1. The van der Waals surface area contributed by atoms with Gasteiger partial charge in [0.05, 0.1) is 6.10 Å². The van der Waals surface area contributed by atoms with Crippen LogP contribution in [0, 0.1) is 5.41 Å². The molecular formula is C14H28N2O. The molecule has 0 bridgehead atoms. The first kappa shape index (κ1) is 13.3. The minimum atomic E-state index is -0.208. The second-order valence-electron chi connectivity index (χ2n) is 6.07. The fourth-order valence-corrected chi connectivity index (χ4v) is 3.61. The molecule has 1 saturated heterocycles. The molecule has 17 heavy (non-hydrogen) atoms. The quantitative estimate of drug-likeness (QED) is 0.784. The van der Waals surface area contributed by atoms with Crippen molar-refractivity contribution in [2.24, 2.45) is 5.41 Å². The fourth-order valence-electron chi connectivity index (χ4n) is 3.61. The number of rotatable bonds is 4. The molecule has 2 fully saturated rings. The minimum Gasteiger partial charge on any atom is -0.390 e. The highest BCUT2D eigenvalue weighted by molar-refractivity contribution is 4.88. The molecule has 0 aromatic rings. The molecule has 2 aliphatic rings. The predicted molar refractivity (Wildman–Crippen MR) is 71.1 cm³/mol. The van der Waals surface area contributed by atoms with Gasteiger partial charge in [0.15, 0.2) is 0 Å². The van der Waals surface area contributed by atoms with E-state index in [4.69, 9.17) is 0 Å². The van der Waals surface area contributed by atoms with Crippen LogP contribution in [0.25, 0.3) is 0 Å². The van der Waals surface area contributed by atoms with Crippen molar-refractivity contribution < 1.29 is 5.11 Å². The molecule has 2 N–H and O–H groups in total. The van der Waals surface area contributed by atoms with Gasteiger partial charge in [0.25, 0.3) is 0 Å². The predicted octanol–water partition coefficient (Wildman–Crippen LogP) is 1.61. The third-order valence-electron chi connectivity index (χ3n) is 4.74. The Balaban J connectivity index is 1.73. The lowest BCUT2D eigenvalue weighted by Crippen LogP contribution is -2.45. The summed E-state index contributed by atoms with van der Waals surface area (Å²) in [5.74, 6) is 0. The first-order chi connectivity index (χ1) is 8.24. The summed E-state index contributed by atoms with van der Waals surface area (Å²) in [5, 5.41) is 12.8. The Morgan fingerprint density at radius 1 is 1.12 bits per heavy atom. The Labute approximate surface area is 106 Å². The van der Waals surface area contributed by atoms with Crippen molar-refractivity contribution in [2.45, 2.75) is 51.0 Å². The molecule has 3 nitrogen and oxygen atoms in total. The van der Waals surface area contributed by atoms with Gasteiger partial charge in [-0.1, -0.05) is 19.3 Å². The van der Waals surface area contributed by atoms with Crippen LogP contribution in [0.1, 0.15) is 44.9 Å². The van der Waals surface area contributed by atoms with Crippen LogP contribution >= 0.6 is 0 Å². The summed E-state index contributed by atoms with van der Waals surface area (Å²) < 4.78 is 0. The van der Waals surface area contributed by atoms with E-state index in [-0.39, 0.29) is 6.10 Å². The molecule has 1 spiro atoms. The Bertz CT molecular complexity index is 216. The number of likely N-dealkylation sites (N-methyl/N-ethyl adjacent to an activating group) is 1. The van der Waals surface area contributed by atoms with Gasteiger partial charge in [0.1, 0.15) is 0 Å². The maximum Gasteiger partial charge on any atom is 0.0791 e. The van der Waals surface area contributed by atoms with Crippen LogP contribution in [0.5, 0.6) is 0 Å². The first-order valence-electron chi connectivity index (χ1n) is 7.29. The summed E-state index contributed by atoms with van der Waals surface area (Å²) in [4.78, 5) is 2.45. The average molecular weight is 240 g/mol. The van der Waals surface area contributed by atoms with Gasteiger partial charge in [-0.25, -0.2) is 0 Å². The molecule has 0 aromatic heterocycles. The standard InChI is InChI=1S/C14H28N2O/c1-15-11-13(17)12-16-9-7-14(8-10-16)5-3-2-4-6-14/h13,15,17H,2-12H2,1H3. The lowest BCUT2D eigenvalue weighted by molar-refractivity contribution is 0.0389. The van der Waals surface area contributed by atoms with Crippen LogP contribution in [0.4, 0.5) is 0 Å². The molecule has 1 aliphatic heterocycles. The number of β-amino-alcohol motifs (C(OH)–C–C–N with tert-alkyl or cyclic N) is 1. The van der Waals surface area contributed by atoms with Gasteiger partial charge in [-0.05, 0) is 51.2 Å². The first-order valence-corrected chi connectivity index (χ1v) is 7.29. The van der Waals surface area contributed by atoms with Crippen molar-refractivity contribution in [2.75, 3.05) is 33.2 Å². The van der Waals surface area contributed by atoms with Gasteiger partial charge >= 0.3 is 0 Å². The number of aliphatic hydroxyl groups excluding tert-OH is 1. The van der Waals surface area contributed by atoms with Crippen molar-refractivity contribution in [3.05, 3.63) is 0 Å². The van der Waals surface area contributed by atoms with E-state index < -0.39 is 0 Å². The summed E-state index contributed by atoms with van der Waals surface area (Å²) in [5.41, 5.74) is 0.683. The Morgan fingerprint density at radius 3 is 2.35 bits per heavy atom. The van der Waals surface area contributed by atoms with Crippen molar-refractivity contribution >= 4 is 0 Å². The second-order valence-corrected chi connectivity index (χ2v) is 6.07. The normalized spacial score (nSPS) is 27.2. The average Bonchev–Trinajstić information content (AvgIpc) is 2.34. The topological polar surface area (TPSA) is 35.5 Å². The number of piperidine rings is 1. The van der Waals surface area contributed by atoms with E-state index in [1.165, 1.54) is 58.0 Å². The van der Waals surface area contributed by atoms with Crippen LogP contribution < -0.4 is 5.32 Å². The number of nitrogens with zero attached hydrogens (tertiary/aromatic N) is 1. The van der Waals surface area contributed by atoms with Crippen LogP contribution in [-0.4, -0.2) is 49.3 Å². The summed E-state index contributed by atoms with van der Waals surface area (Å²) in [6, 6.07) is 0. The number of aliphatic hydroxyl groups is 1. The maximum absolute atomic E-state index is 9.80. The van der Waals surface area contributed by atoms with Crippen molar-refractivity contribution in [1.29, 1.82) is 0 Å². The molecule has 2 rings (SSSR count). The zero-order chi connectivity index (χ0) is 12.1. The van der Waals surface area contributed by atoms with E-state index in [9.17, 15) is 5.11 Å². The van der Waals surface area contributed by atoms with Gasteiger partial charge in [-0.2, -0.15) is 0 Å². The highest BCUT2D eigenvalue weighted by atomic mass is 16.3. The van der Waals surface area contributed by atoms with Gasteiger partial charge in [0.2, 0.25) is 0 Å². The number of hydrogen-bond acceptors (Lipinski definition) is 3. The van der Waals surface area contributed by atoms with E-state index in [0.717, 1.165) is 6.54 Å². The highest BCUT2D eigenvalue weighted by Crippen LogP contribution is 2.44. The molecule has 1 unspecified atom stereocenters. The van der Waals surface area contributed by atoms with Gasteiger partial charge in [0, 0.05) is 13.1 Å². The maximum atomic E-state index is 9.80. The third kappa shape index (κ3) is 3.67. The summed E-state index contributed by atoms with van der Waals surface area (Å²) in [7, 11) is 1.90. The molecule has 0 aromatic carbocycles. The number of hydrogen-bond donors (Lipinski definition) is 2. The molecule has 0 radical (unpaired) electrons. The second kappa shape index (κ2) is 6.17. The van der Waals surface area contributed by atoms with E-state index in [1.807, 2.05) is 7.05 Å². The minimum absolute atomic E-state index is 0.208. The van der Waals surface area contributed by atoms with E-state index in [1.54, 1.807) is 0 Å². The van der Waals surface area contributed by atoms with E-state index in [0.29, 0.717) is 12.0 Å². The molecular weight excluding hydrogens is 212 g/mol. The molecule has 1 atom stereocenters. The van der Waals surface area contributed by atoms with Crippen LogP contribution in [0.2, 0.25) is 0 Å². The molecule has 100 valence electrons. The Morgan fingerprint density at radius 2 is 1.76 bits per heavy atom. The zero-order valence-electron chi connectivity index (χ0n) is 11.2. The SMILES string of the molecule is CNCC(O)CN1CCC2(CCCCC2)CC1. The van der Waals surface area contributed by atoms with Crippen molar-refractivity contribution in [1.82, 2.24) is 10.2 Å². The number of likely N-dealkylation sites (tertiary alicyclic amines) is 1. The lowest BCUT2D eigenvalue weighted by atomic mass is 9.68. The van der Waals surface area contributed by atoms with E-state index >= 15 is 0 Å². The molecule has 1 aliphatic carbocycles. The van der Waals surface area contributed by atoms with E-state index in [2.05, 4.69) is 10.2 Å². The van der Waals surface area contributed by atoms with Gasteiger partial charge in [-0.3, -0.25) is 0 Å². The fraction of sp³-hybridized carbons (Fsp3) is 1.00. The zero-order valence-corrected chi connectivity index (χ0v) is 11.2. The third-order valence-corrected chi connectivity index (χ3v) is 4.74. The van der Waals surface area contributed by atoms with Crippen molar-refractivity contribution in [3.63, 3.8) is 0 Å². The summed E-state index contributed by atoms with van der Waals surface area (Å²) >= 11 is 0. The van der Waals surface area contributed by atoms with Gasteiger partial charge in [-0.15, -0.1) is 0 Å². The molecule has 1 heterocycles. The summed E-state index contributed by atoms with van der Waals surface area (Å²) in [6.07, 6.45) is 9.77. The lowest BCUT2D eigenvalue weighted by Gasteiger charge is -2.44. The van der Waals surface area contributed by atoms with Crippen LogP contribution in [-0.2, 0) is 0 Å². The Kier molecular flexibility index (Phi) is 4.83. The van der Waals surface area contributed by atoms with Crippen LogP contribution in [0.15, 0.2) is 0 Å². The Hall–Kier alpha value is -0.120. The smallest absolute Gasteiger partial charge is 0.0791 e. The molecule has 0 amide bonds. The molecule has 3 heteroatoms. The highest BCUT2D eigenvalue weighted by Gasteiger charge is 2.35. The molecule has 1 saturated carbocycles. The summed E-state index contributed by atoms with van der Waals surface area (Å²) in [6.45, 7) is 3.94. The van der Waals surface area contributed by atoms with Crippen LogP contribution in [0.3, 0.4) is 0 Å². The largest absolute Gasteiger partial charge is 0.390 e.